The topological polar surface area (TPSA) is 50.4 Å². The van der Waals surface area contributed by atoms with Gasteiger partial charge in [-0.25, -0.2) is 4.79 Å². The molecule has 2 rings (SSSR count). The van der Waals surface area contributed by atoms with Gasteiger partial charge in [0.1, 0.15) is 5.60 Å². The van der Waals surface area contributed by atoms with Crippen LogP contribution < -0.4 is 10.6 Å². The quantitative estimate of drug-likeness (QED) is 0.862. The minimum Gasteiger partial charge on any atom is -0.444 e. The lowest BCUT2D eigenvalue weighted by molar-refractivity contribution is 0.0636. The SMILES string of the molecule is CC1CC(Nc2ccccc2NC(=O)OC(C)(C)C)C1C. The molecule has 0 aliphatic heterocycles. The van der Waals surface area contributed by atoms with Gasteiger partial charge in [0, 0.05) is 6.04 Å². The average molecular weight is 290 g/mol. The van der Waals surface area contributed by atoms with E-state index in [9.17, 15) is 4.79 Å². The van der Waals surface area contributed by atoms with Crippen LogP contribution in [0, 0.1) is 11.8 Å². The van der Waals surface area contributed by atoms with Crippen molar-refractivity contribution in [2.45, 2.75) is 52.7 Å². The third kappa shape index (κ3) is 4.13. The fourth-order valence-electron chi connectivity index (χ4n) is 2.55. The lowest BCUT2D eigenvalue weighted by Gasteiger charge is -2.42. The Morgan fingerprint density at radius 1 is 1.19 bits per heavy atom. The van der Waals surface area contributed by atoms with E-state index in [1.54, 1.807) is 0 Å². The Morgan fingerprint density at radius 3 is 2.33 bits per heavy atom. The first-order chi connectivity index (χ1) is 9.76. The highest BCUT2D eigenvalue weighted by Gasteiger charge is 2.34. The van der Waals surface area contributed by atoms with Gasteiger partial charge < -0.3 is 10.1 Å². The van der Waals surface area contributed by atoms with E-state index in [1.807, 2.05) is 45.0 Å². The standard InChI is InChI=1S/C17H26N2O2/c1-11-10-15(12(11)2)18-13-8-6-7-9-14(13)19-16(20)21-17(3,4)5/h6-9,11-12,15,18H,10H2,1-5H3,(H,19,20). The van der Waals surface area contributed by atoms with Gasteiger partial charge in [0.25, 0.3) is 0 Å². The van der Waals surface area contributed by atoms with Gasteiger partial charge in [-0.3, -0.25) is 5.32 Å². The maximum atomic E-state index is 11.9. The zero-order valence-corrected chi connectivity index (χ0v) is 13.6. The molecule has 0 spiro atoms. The molecule has 3 atom stereocenters. The van der Waals surface area contributed by atoms with Crippen molar-refractivity contribution < 1.29 is 9.53 Å². The number of rotatable bonds is 3. The van der Waals surface area contributed by atoms with Gasteiger partial charge in [-0.15, -0.1) is 0 Å². The monoisotopic (exact) mass is 290 g/mol. The molecule has 1 fully saturated rings. The summed E-state index contributed by atoms with van der Waals surface area (Å²) in [6.45, 7) is 10.1. The van der Waals surface area contributed by atoms with Crippen LogP contribution in [0.2, 0.25) is 0 Å². The number of para-hydroxylation sites is 2. The summed E-state index contributed by atoms with van der Waals surface area (Å²) in [7, 11) is 0. The van der Waals surface area contributed by atoms with Gasteiger partial charge in [-0.1, -0.05) is 26.0 Å². The predicted molar refractivity (Wildman–Crippen MR) is 86.7 cm³/mol. The number of ether oxygens (including phenoxy) is 1. The second-order valence-electron chi connectivity index (χ2n) is 7.00. The molecule has 3 unspecified atom stereocenters. The molecule has 0 bridgehead atoms. The third-order valence-corrected chi connectivity index (χ3v) is 4.06. The van der Waals surface area contributed by atoms with Gasteiger partial charge in [0.2, 0.25) is 0 Å². The number of hydrogen-bond acceptors (Lipinski definition) is 3. The van der Waals surface area contributed by atoms with Gasteiger partial charge in [0.15, 0.2) is 0 Å². The first-order valence-electron chi connectivity index (χ1n) is 7.62. The normalized spacial score (nSPS) is 24.9. The molecule has 0 saturated heterocycles. The smallest absolute Gasteiger partial charge is 0.412 e. The molecule has 1 aliphatic carbocycles. The van der Waals surface area contributed by atoms with Gasteiger partial charge >= 0.3 is 6.09 Å². The first kappa shape index (κ1) is 15.7. The number of hydrogen-bond donors (Lipinski definition) is 2. The Hall–Kier alpha value is -1.71. The molecule has 0 heterocycles. The zero-order chi connectivity index (χ0) is 15.6. The van der Waals surface area contributed by atoms with E-state index < -0.39 is 11.7 Å². The van der Waals surface area contributed by atoms with Gasteiger partial charge in [-0.2, -0.15) is 0 Å². The molecule has 0 aromatic heterocycles. The Kier molecular flexibility index (Phi) is 4.45. The molecular weight excluding hydrogens is 264 g/mol. The number of anilines is 2. The van der Waals surface area contributed by atoms with Crippen molar-refractivity contribution in [3.05, 3.63) is 24.3 Å². The molecule has 1 aromatic rings. The van der Waals surface area contributed by atoms with E-state index >= 15 is 0 Å². The maximum absolute atomic E-state index is 11.9. The highest BCUT2D eigenvalue weighted by atomic mass is 16.6. The van der Waals surface area contributed by atoms with Crippen LogP contribution in [0.25, 0.3) is 0 Å². The van der Waals surface area contributed by atoms with Crippen molar-refractivity contribution in [3.8, 4) is 0 Å². The van der Waals surface area contributed by atoms with E-state index in [-0.39, 0.29) is 0 Å². The fourth-order valence-corrected chi connectivity index (χ4v) is 2.55. The van der Waals surface area contributed by atoms with Crippen molar-refractivity contribution in [2.24, 2.45) is 11.8 Å². The molecule has 1 saturated carbocycles. The van der Waals surface area contributed by atoms with Gasteiger partial charge in [-0.05, 0) is 51.2 Å². The van der Waals surface area contributed by atoms with Crippen molar-refractivity contribution >= 4 is 17.5 Å². The van der Waals surface area contributed by atoms with E-state index in [1.165, 1.54) is 6.42 Å². The van der Waals surface area contributed by atoms with Crippen LogP contribution in [0.15, 0.2) is 24.3 Å². The Balaban J connectivity index is 2.02. The van der Waals surface area contributed by atoms with Crippen LogP contribution in [-0.2, 0) is 4.74 Å². The molecule has 4 heteroatoms. The van der Waals surface area contributed by atoms with Crippen molar-refractivity contribution in [1.82, 2.24) is 0 Å². The van der Waals surface area contributed by atoms with Crippen LogP contribution in [-0.4, -0.2) is 17.7 Å². The zero-order valence-electron chi connectivity index (χ0n) is 13.6. The Bertz CT molecular complexity index is 508. The second-order valence-corrected chi connectivity index (χ2v) is 7.00. The number of carbonyl (C=O) groups is 1. The van der Waals surface area contributed by atoms with Crippen LogP contribution in [0.3, 0.4) is 0 Å². The lowest BCUT2D eigenvalue weighted by atomic mass is 9.71. The molecule has 2 N–H and O–H groups in total. The lowest BCUT2D eigenvalue weighted by Crippen LogP contribution is -2.43. The summed E-state index contributed by atoms with van der Waals surface area (Å²) in [6.07, 6.45) is 0.744. The Morgan fingerprint density at radius 2 is 1.81 bits per heavy atom. The summed E-state index contributed by atoms with van der Waals surface area (Å²) < 4.78 is 5.30. The molecule has 21 heavy (non-hydrogen) atoms. The second kappa shape index (κ2) is 5.96. The highest BCUT2D eigenvalue weighted by Crippen LogP contribution is 2.37. The summed E-state index contributed by atoms with van der Waals surface area (Å²) in [5.41, 5.74) is 1.22. The van der Waals surface area contributed by atoms with Crippen LogP contribution >= 0.6 is 0 Å². The van der Waals surface area contributed by atoms with Crippen molar-refractivity contribution in [1.29, 1.82) is 0 Å². The average Bonchev–Trinajstić information content (AvgIpc) is 2.38. The Labute approximate surface area is 127 Å². The molecule has 1 amide bonds. The third-order valence-electron chi connectivity index (χ3n) is 4.06. The molecule has 4 nitrogen and oxygen atoms in total. The van der Waals surface area contributed by atoms with E-state index in [2.05, 4.69) is 24.5 Å². The first-order valence-corrected chi connectivity index (χ1v) is 7.62. The van der Waals surface area contributed by atoms with Crippen LogP contribution in [0.4, 0.5) is 16.2 Å². The van der Waals surface area contributed by atoms with E-state index in [0.717, 1.165) is 17.3 Å². The number of benzene rings is 1. The maximum Gasteiger partial charge on any atom is 0.412 e. The largest absolute Gasteiger partial charge is 0.444 e. The minimum atomic E-state index is -0.496. The number of carbonyl (C=O) groups excluding carboxylic acids is 1. The van der Waals surface area contributed by atoms with Crippen molar-refractivity contribution in [3.63, 3.8) is 0 Å². The predicted octanol–water partition coefficient (Wildman–Crippen LogP) is 4.49. The van der Waals surface area contributed by atoms with E-state index in [0.29, 0.717) is 12.0 Å². The molecule has 1 aliphatic rings. The van der Waals surface area contributed by atoms with E-state index in [4.69, 9.17) is 4.74 Å². The molecule has 1 aromatic carbocycles. The van der Waals surface area contributed by atoms with Crippen LogP contribution in [0.5, 0.6) is 0 Å². The molecular formula is C17H26N2O2. The summed E-state index contributed by atoms with van der Waals surface area (Å²) in [6, 6.07) is 8.23. The number of amides is 1. The highest BCUT2D eigenvalue weighted by molar-refractivity contribution is 5.89. The summed E-state index contributed by atoms with van der Waals surface area (Å²) in [5, 5.41) is 6.35. The number of nitrogens with one attached hydrogen (secondary N) is 2. The van der Waals surface area contributed by atoms with Crippen LogP contribution in [0.1, 0.15) is 41.0 Å². The molecule has 0 radical (unpaired) electrons. The van der Waals surface area contributed by atoms with Gasteiger partial charge in [0.05, 0.1) is 11.4 Å². The summed E-state index contributed by atoms with van der Waals surface area (Å²) >= 11 is 0. The summed E-state index contributed by atoms with van der Waals surface area (Å²) in [5.74, 6) is 1.41. The fraction of sp³-hybridized carbons (Fsp3) is 0.588. The molecule has 116 valence electrons. The minimum absolute atomic E-state index is 0.424. The summed E-state index contributed by atoms with van der Waals surface area (Å²) in [4.78, 5) is 11.9. The van der Waals surface area contributed by atoms with Crippen molar-refractivity contribution in [2.75, 3.05) is 10.6 Å².